The summed E-state index contributed by atoms with van der Waals surface area (Å²) in [5.74, 6) is 0.702. The van der Waals surface area contributed by atoms with Crippen LogP contribution in [0.4, 0.5) is 0 Å². The molecule has 1 aliphatic heterocycles. The number of fused-ring (bicyclic) bond motifs is 1. The number of hydrogen-bond acceptors (Lipinski definition) is 4. The molecule has 1 fully saturated rings. The first-order valence-electron chi connectivity index (χ1n) is 6.30. The summed E-state index contributed by atoms with van der Waals surface area (Å²) in [6, 6.07) is 8.52. The van der Waals surface area contributed by atoms with Crippen molar-refractivity contribution in [3.05, 3.63) is 30.6 Å². The molecule has 1 saturated heterocycles. The molecule has 3 rings (SSSR count). The molecule has 1 aliphatic rings. The summed E-state index contributed by atoms with van der Waals surface area (Å²) < 4.78 is 6.04. The van der Waals surface area contributed by atoms with E-state index in [4.69, 9.17) is 4.74 Å². The van der Waals surface area contributed by atoms with Crippen LogP contribution in [-0.4, -0.2) is 40.6 Å². The van der Waals surface area contributed by atoms with Gasteiger partial charge in [-0.2, -0.15) is 0 Å². The quantitative estimate of drug-likeness (QED) is 0.809. The van der Waals surface area contributed by atoms with Crippen LogP contribution in [0.25, 0.3) is 10.9 Å². The van der Waals surface area contributed by atoms with Crippen molar-refractivity contribution in [3.8, 4) is 5.88 Å². The number of rotatable bonds is 2. The van der Waals surface area contributed by atoms with Gasteiger partial charge in [-0.05, 0) is 26.1 Å². The number of ether oxygens (including phenoxy) is 1. The van der Waals surface area contributed by atoms with Crippen molar-refractivity contribution in [2.24, 2.45) is 0 Å². The first-order chi connectivity index (χ1) is 8.74. The van der Waals surface area contributed by atoms with Crippen molar-refractivity contribution in [2.45, 2.75) is 25.5 Å². The fourth-order valence-electron chi connectivity index (χ4n) is 2.45. The first-order valence-corrected chi connectivity index (χ1v) is 6.30. The van der Waals surface area contributed by atoms with Crippen LogP contribution in [0.5, 0.6) is 5.88 Å². The van der Waals surface area contributed by atoms with Gasteiger partial charge in [0.2, 0.25) is 5.88 Å². The second kappa shape index (κ2) is 4.53. The van der Waals surface area contributed by atoms with Gasteiger partial charge in [0.15, 0.2) is 0 Å². The zero-order valence-electron chi connectivity index (χ0n) is 10.7. The van der Waals surface area contributed by atoms with Crippen LogP contribution in [0.1, 0.15) is 13.3 Å². The van der Waals surface area contributed by atoms with Crippen LogP contribution in [0.2, 0.25) is 0 Å². The molecule has 2 heterocycles. The number of aromatic nitrogens is 2. The van der Waals surface area contributed by atoms with E-state index >= 15 is 0 Å². The van der Waals surface area contributed by atoms with Crippen LogP contribution >= 0.6 is 0 Å². The molecule has 18 heavy (non-hydrogen) atoms. The topological polar surface area (TPSA) is 38.3 Å². The van der Waals surface area contributed by atoms with Crippen LogP contribution in [0, 0.1) is 0 Å². The highest BCUT2D eigenvalue weighted by Gasteiger charge is 2.28. The summed E-state index contributed by atoms with van der Waals surface area (Å²) >= 11 is 0. The molecular weight excluding hydrogens is 226 g/mol. The summed E-state index contributed by atoms with van der Waals surface area (Å²) in [6.45, 7) is 3.18. The maximum atomic E-state index is 6.04. The lowest BCUT2D eigenvalue weighted by atomic mass is 10.2. The minimum Gasteiger partial charge on any atom is -0.472 e. The summed E-state index contributed by atoms with van der Waals surface area (Å²) in [4.78, 5) is 10.8. The Morgan fingerprint density at radius 1 is 1.28 bits per heavy atom. The monoisotopic (exact) mass is 243 g/mol. The van der Waals surface area contributed by atoms with Gasteiger partial charge < -0.3 is 4.74 Å². The van der Waals surface area contributed by atoms with E-state index < -0.39 is 0 Å². The van der Waals surface area contributed by atoms with E-state index in [1.807, 2.05) is 24.3 Å². The largest absolute Gasteiger partial charge is 0.472 e. The maximum Gasteiger partial charge on any atom is 0.224 e. The number of nitrogens with zero attached hydrogens (tertiary/aromatic N) is 3. The molecule has 4 nitrogen and oxygen atoms in total. The standard InChI is InChI=1S/C14H17N3O/c1-10-7-11(8-17(10)2)18-14-12-5-3-4-6-13(12)15-9-16-14/h3-6,9-11H,7-8H2,1-2H3. The maximum absolute atomic E-state index is 6.04. The molecular formula is C14H17N3O. The number of benzene rings is 1. The Balaban J connectivity index is 1.87. The predicted molar refractivity (Wildman–Crippen MR) is 70.7 cm³/mol. The smallest absolute Gasteiger partial charge is 0.224 e. The minimum atomic E-state index is 0.225. The first kappa shape index (κ1) is 11.4. The van der Waals surface area contributed by atoms with Crippen LogP contribution in [-0.2, 0) is 0 Å². The highest BCUT2D eigenvalue weighted by Crippen LogP contribution is 2.25. The fourth-order valence-corrected chi connectivity index (χ4v) is 2.45. The van der Waals surface area contributed by atoms with Crippen molar-refractivity contribution >= 4 is 10.9 Å². The summed E-state index contributed by atoms with van der Waals surface area (Å²) in [5.41, 5.74) is 0.932. The van der Waals surface area contributed by atoms with E-state index in [0.29, 0.717) is 11.9 Å². The Morgan fingerprint density at radius 2 is 2.11 bits per heavy atom. The average molecular weight is 243 g/mol. The summed E-state index contributed by atoms with van der Waals surface area (Å²) in [5, 5.41) is 0.988. The molecule has 0 N–H and O–H groups in total. The van der Waals surface area contributed by atoms with Crippen molar-refractivity contribution in [2.75, 3.05) is 13.6 Å². The highest BCUT2D eigenvalue weighted by atomic mass is 16.5. The molecule has 1 aromatic heterocycles. The Labute approximate surface area is 107 Å². The molecule has 4 heteroatoms. The molecule has 0 aliphatic carbocycles. The molecule has 2 aromatic rings. The van der Waals surface area contributed by atoms with Gasteiger partial charge in [0, 0.05) is 19.0 Å². The summed E-state index contributed by atoms with van der Waals surface area (Å²) in [7, 11) is 2.13. The lowest BCUT2D eigenvalue weighted by Gasteiger charge is -2.14. The molecule has 94 valence electrons. The van der Waals surface area contributed by atoms with Crippen LogP contribution in [0.15, 0.2) is 30.6 Å². The van der Waals surface area contributed by atoms with Gasteiger partial charge in [0.25, 0.3) is 0 Å². The van der Waals surface area contributed by atoms with E-state index in [-0.39, 0.29) is 6.10 Å². The van der Waals surface area contributed by atoms with Gasteiger partial charge in [-0.15, -0.1) is 0 Å². The van der Waals surface area contributed by atoms with Crippen molar-refractivity contribution < 1.29 is 4.74 Å². The molecule has 0 bridgehead atoms. The molecule has 0 amide bonds. The second-order valence-corrected chi connectivity index (χ2v) is 4.96. The Kier molecular flexibility index (Phi) is 2.88. The van der Waals surface area contributed by atoms with E-state index in [0.717, 1.165) is 23.9 Å². The molecule has 0 saturated carbocycles. The van der Waals surface area contributed by atoms with Gasteiger partial charge >= 0.3 is 0 Å². The van der Waals surface area contributed by atoms with Crippen LogP contribution in [0.3, 0.4) is 0 Å². The van der Waals surface area contributed by atoms with E-state index in [1.54, 1.807) is 6.33 Å². The van der Waals surface area contributed by atoms with E-state index in [2.05, 4.69) is 28.8 Å². The van der Waals surface area contributed by atoms with E-state index in [9.17, 15) is 0 Å². The Morgan fingerprint density at radius 3 is 2.89 bits per heavy atom. The van der Waals surface area contributed by atoms with Crippen molar-refractivity contribution in [1.29, 1.82) is 0 Å². The third-order valence-electron chi connectivity index (χ3n) is 3.63. The van der Waals surface area contributed by atoms with Crippen molar-refractivity contribution in [1.82, 2.24) is 14.9 Å². The third kappa shape index (κ3) is 2.04. The van der Waals surface area contributed by atoms with Crippen LogP contribution < -0.4 is 4.74 Å². The highest BCUT2D eigenvalue weighted by molar-refractivity contribution is 5.82. The normalized spacial score (nSPS) is 24.6. The third-order valence-corrected chi connectivity index (χ3v) is 3.63. The average Bonchev–Trinajstić information content (AvgIpc) is 2.69. The molecule has 2 unspecified atom stereocenters. The lowest BCUT2D eigenvalue weighted by molar-refractivity contribution is 0.202. The zero-order chi connectivity index (χ0) is 12.5. The van der Waals surface area contributed by atoms with Gasteiger partial charge in [-0.3, -0.25) is 4.90 Å². The molecule has 0 spiro atoms. The zero-order valence-corrected chi connectivity index (χ0v) is 10.7. The molecule has 1 aromatic carbocycles. The minimum absolute atomic E-state index is 0.225. The van der Waals surface area contributed by atoms with Crippen molar-refractivity contribution in [3.63, 3.8) is 0 Å². The van der Waals surface area contributed by atoms with E-state index in [1.165, 1.54) is 0 Å². The number of para-hydroxylation sites is 1. The predicted octanol–water partition coefficient (Wildman–Crippen LogP) is 2.10. The number of likely N-dealkylation sites (N-methyl/N-ethyl adjacent to an activating group) is 1. The van der Waals surface area contributed by atoms with Gasteiger partial charge in [0.1, 0.15) is 12.4 Å². The second-order valence-electron chi connectivity index (χ2n) is 4.96. The lowest BCUT2D eigenvalue weighted by Crippen LogP contribution is -2.24. The fraction of sp³-hybridized carbons (Fsp3) is 0.429. The van der Waals surface area contributed by atoms with Gasteiger partial charge in [-0.1, -0.05) is 12.1 Å². The Bertz CT molecular complexity index is 542. The SMILES string of the molecule is CC1CC(Oc2ncnc3ccccc23)CN1C. The Hall–Kier alpha value is -1.68. The number of likely N-dealkylation sites (tertiary alicyclic amines) is 1. The molecule has 0 radical (unpaired) electrons. The van der Waals surface area contributed by atoms with Gasteiger partial charge in [-0.25, -0.2) is 9.97 Å². The number of hydrogen-bond donors (Lipinski definition) is 0. The van der Waals surface area contributed by atoms with Gasteiger partial charge in [0.05, 0.1) is 10.9 Å². The molecule has 2 atom stereocenters. The summed E-state index contributed by atoms with van der Waals surface area (Å²) in [6.07, 6.45) is 2.84.